The van der Waals surface area contributed by atoms with Crippen molar-refractivity contribution in [2.45, 2.75) is 20.3 Å². The molecule has 4 heteroatoms. The summed E-state index contributed by atoms with van der Waals surface area (Å²) in [5, 5.41) is 0. The highest BCUT2D eigenvalue weighted by atomic mass is 16.5. The van der Waals surface area contributed by atoms with Gasteiger partial charge in [0, 0.05) is 6.07 Å². The minimum Gasteiger partial charge on any atom is -0.476 e. The number of ether oxygens (including phenoxy) is 2. The number of nitrogens with zero attached hydrogens (tertiary/aromatic N) is 1. The number of pyridine rings is 1. The Labute approximate surface area is 113 Å². The summed E-state index contributed by atoms with van der Waals surface area (Å²) in [5.74, 6) is 1.65. The smallest absolute Gasteiger partial charge is 0.240 e. The molecular weight excluding hydrogens is 240 g/mol. The lowest BCUT2D eigenvalue weighted by Crippen LogP contribution is -2.00. The molecule has 2 rings (SSSR count). The maximum Gasteiger partial charge on any atom is 0.240 e. The van der Waals surface area contributed by atoms with E-state index in [1.54, 1.807) is 12.1 Å². The van der Waals surface area contributed by atoms with Crippen LogP contribution in [0.4, 0.5) is 5.69 Å². The van der Waals surface area contributed by atoms with Crippen LogP contribution in [0.5, 0.6) is 17.5 Å². The second-order valence-corrected chi connectivity index (χ2v) is 4.08. The van der Waals surface area contributed by atoms with Crippen molar-refractivity contribution in [1.29, 1.82) is 0 Å². The minimum atomic E-state index is 0.409. The van der Waals surface area contributed by atoms with Gasteiger partial charge >= 0.3 is 0 Å². The highest BCUT2D eigenvalue weighted by molar-refractivity contribution is 5.49. The Morgan fingerprint density at radius 1 is 1.16 bits per heavy atom. The van der Waals surface area contributed by atoms with Crippen LogP contribution < -0.4 is 15.2 Å². The number of benzene rings is 1. The number of anilines is 1. The molecule has 0 radical (unpaired) electrons. The Balaban J connectivity index is 2.20. The first-order valence-corrected chi connectivity index (χ1v) is 6.39. The molecular formula is C15H18N2O2. The van der Waals surface area contributed by atoms with Gasteiger partial charge in [0.05, 0.1) is 12.3 Å². The molecule has 0 aliphatic carbocycles. The fourth-order valence-corrected chi connectivity index (χ4v) is 1.69. The summed E-state index contributed by atoms with van der Waals surface area (Å²) in [4.78, 5) is 4.24. The molecule has 0 atom stereocenters. The molecule has 1 aromatic carbocycles. The third-order valence-corrected chi connectivity index (χ3v) is 2.67. The molecule has 0 spiro atoms. The van der Waals surface area contributed by atoms with Gasteiger partial charge in [-0.3, -0.25) is 0 Å². The van der Waals surface area contributed by atoms with Crippen LogP contribution in [0.1, 0.15) is 19.4 Å². The molecule has 4 nitrogen and oxygen atoms in total. The lowest BCUT2D eigenvalue weighted by atomic mass is 10.2. The average molecular weight is 258 g/mol. The summed E-state index contributed by atoms with van der Waals surface area (Å²) in [6, 6.07) is 11.4. The van der Waals surface area contributed by atoms with Crippen molar-refractivity contribution in [1.82, 2.24) is 4.98 Å². The topological polar surface area (TPSA) is 57.4 Å². The van der Waals surface area contributed by atoms with Crippen LogP contribution in [0.15, 0.2) is 36.4 Å². The van der Waals surface area contributed by atoms with Crippen LogP contribution in [-0.4, -0.2) is 11.6 Å². The van der Waals surface area contributed by atoms with Gasteiger partial charge in [0.1, 0.15) is 5.75 Å². The van der Waals surface area contributed by atoms with E-state index in [0.29, 0.717) is 24.1 Å². The van der Waals surface area contributed by atoms with Crippen LogP contribution in [0, 0.1) is 0 Å². The molecule has 2 aromatic rings. The number of aryl methyl sites for hydroxylation is 1. The van der Waals surface area contributed by atoms with Gasteiger partial charge < -0.3 is 15.2 Å². The second kappa shape index (κ2) is 6.09. The van der Waals surface area contributed by atoms with E-state index >= 15 is 0 Å². The normalized spacial score (nSPS) is 10.2. The first-order valence-electron chi connectivity index (χ1n) is 6.39. The molecule has 0 saturated heterocycles. The second-order valence-electron chi connectivity index (χ2n) is 4.08. The zero-order valence-corrected chi connectivity index (χ0v) is 11.2. The number of rotatable bonds is 5. The summed E-state index contributed by atoms with van der Waals surface area (Å²) in [6.45, 7) is 4.51. The Morgan fingerprint density at radius 2 is 2.00 bits per heavy atom. The van der Waals surface area contributed by atoms with E-state index in [9.17, 15) is 0 Å². The molecule has 0 saturated carbocycles. The molecule has 0 unspecified atom stereocenters. The lowest BCUT2D eigenvalue weighted by molar-refractivity contribution is 0.323. The largest absolute Gasteiger partial charge is 0.476 e. The number of nitrogens with two attached hydrogens (primary N) is 1. The highest BCUT2D eigenvalue weighted by Gasteiger charge is 2.06. The molecule has 19 heavy (non-hydrogen) atoms. The van der Waals surface area contributed by atoms with Crippen LogP contribution >= 0.6 is 0 Å². The van der Waals surface area contributed by atoms with Gasteiger partial charge in [0.25, 0.3) is 0 Å². The van der Waals surface area contributed by atoms with E-state index in [1.807, 2.05) is 25.1 Å². The molecule has 1 aromatic heterocycles. The van der Waals surface area contributed by atoms with Gasteiger partial charge in [-0.05, 0) is 37.1 Å². The maximum absolute atomic E-state index is 5.77. The number of hydrogen-bond donors (Lipinski definition) is 1. The highest BCUT2D eigenvalue weighted by Crippen LogP contribution is 2.26. The Morgan fingerprint density at radius 3 is 2.74 bits per heavy atom. The standard InChI is InChI=1S/C15H18N2O2/c1-3-11-6-5-7-12(10-11)19-14-9-8-13(16)15(17-14)18-4-2/h5-10H,3-4,16H2,1-2H3. The number of aromatic nitrogens is 1. The molecule has 100 valence electrons. The lowest BCUT2D eigenvalue weighted by Gasteiger charge is -2.09. The predicted molar refractivity (Wildman–Crippen MR) is 75.7 cm³/mol. The van der Waals surface area contributed by atoms with Crippen LogP contribution in [0.2, 0.25) is 0 Å². The van der Waals surface area contributed by atoms with Crippen molar-refractivity contribution < 1.29 is 9.47 Å². The third kappa shape index (κ3) is 3.37. The number of nitrogen functional groups attached to an aromatic ring is 1. The van der Waals surface area contributed by atoms with E-state index in [2.05, 4.69) is 18.0 Å². The predicted octanol–water partition coefficient (Wildman–Crippen LogP) is 3.42. The van der Waals surface area contributed by atoms with Crippen LogP contribution in [0.25, 0.3) is 0 Å². The van der Waals surface area contributed by atoms with Gasteiger partial charge in [0.2, 0.25) is 11.8 Å². The van der Waals surface area contributed by atoms with Gasteiger partial charge in [0.15, 0.2) is 0 Å². The fraction of sp³-hybridized carbons (Fsp3) is 0.267. The Bertz CT molecular complexity index is 556. The molecule has 0 bridgehead atoms. The molecule has 0 aliphatic rings. The molecule has 0 aliphatic heterocycles. The van der Waals surface area contributed by atoms with Crippen LogP contribution in [0.3, 0.4) is 0 Å². The zero-order chi connectivity index (χ0) is 13.7. The Hall–Kier alpha value is -2.23. The van der Waals surface area contributed by atoms with Gasteiger partial charge in [-0.1, -0.05) is 19.1 Å². The van der Waals surface area contributed by atoms with Crippen LogP contribution in [-0.2, 0) is 6.42 Å². The van der Waals surface area contributed by atoms with E-state index < -0.39 is 0 Å². The first kappa shape index (κ1) is 13.2. The molecule has 0 fully saturated rings. The van der Waals surface area contributed by atoms with Crippen molar-refractivity contribution in [3.05, 3.63) is 42.0 Å². The average Bonchev–Trinajstić information content (AvgIpc) is 2.43. The van der Waals surface area contributed by atoms with Gasteiger partial charge in [-0.15, -0.1) is 0 Å². The van der Waals surface area contributed by atoms with Crippen molar-refractivity contribution in [2.75, 3.05) is 12.3 Å². The van der Waals surface area contributed by atoms with Gasteiger partial charge in [-0.25, -0.2) is 0 Å². The molecule has 2 N–H and O–H groups in total. The van der Waals surface area contributed by atoms with Crippen molar-refractivity contribution in [3.63, 3.8) is 0 Å². The minimum absolute atomic E-state index is 0.409. The van der Waals surface area contributed by atoms with Gasteiger partial charge in [-0.2, -0.15) is 4.98 Å². The summed E-state index contributed by atoms with van der Waals surface area (Å²) in [5.41, 5.74) is 7.50. The number of hydrogen-bond acceptors (Lipinski definition) is 4. The van der Waals surface area contributed by atoms with Crippen molar-refractivity contribution in [2.24, 2.45) is 0 Å². The monoisotopic (exact) mass is 258 g/mol. The third-order valence-electron chi connectivity index (χ3n) is 2.67. The summed E-state index contributed by atoms with van der Waals surface area (Å²) < 4.78 is 11.1. The first-order chi connectivity index (χ1) is 9.22. The van der Waals surface area contributed by atoms with E-state index in [1.165, 1.54) is 5.56 Å². The zero-order valence-electron chi connectivity index (χ0n) is 11.2. The summed E-state index contributed by atoms with van der Waals surface area (Å²) in [6.07, 6.45) is 0.969. The summed E-state index contributed by atoms with van der Waals surface area (Å²) in [7, 11) is 0. The van der Waals surface area contributed by atoms with E-state index in [-0.39, 0.29) is 0 Å². The molecule has 0 amide bonds. The van der Waals surface area contributed by atoms with E-state index in [4.69, 9.17) is 15.2 Å². The quantitative estimate of drug-likeness (QED) is 0.892. The fourth-order valence-electron chi connectivity index (χ4n) is 1.69. The Kier molecular flexibility index (Phi) is 4.23. The molecule has 1 heterocycles. The maximum atomic E-state index is 5.77. The van der Waals surface area contributed by atoms with Crippen molar-refractivity contribution in [3.8, 4) is 17.5 Å². The summed E-state index contributed by atoms with van der Waals surface area (Å²) >= 11 is 0. The SMILES string of the molecule is CCOc1nc(Oc2cccc(CC)c2)ccc1N. The van der Waals surface area contributed by atoms with E-state index in [0.717, 1.165) is 12.2 Å². The van der Waals surface area contributed by atoms with Crippen molar-refractivity contribution >= 4 is 5.69 Å².